The molecule has 0 bridgehead atoms. The molecule has 4 nitrogen and oxygen atoms in total. The molecule has 2 aliphatic rings. The van der Waals surface area contributed by atoms with Crippen LogP contribution in [0.5, 0.6) is 0 Å². The molecule has 1 aliphatic heterocycles. The van der Waals surface area contributed by atoms with Crippen LogP contribution in [0.3, 0.4) is 0 Å². The van der Waals surface area contributed by atoms with E-state index in [-0.39, 0.29) is 17.0 Å². The maximum Gasteiger partial charge on any atom is 0.219 e. The summed E-state index contributed by atoms with van der Waals surface area (Å²) in [6.07, 6.45) is 8.10. The van der Waals surface area contributed by atoms with Crippen LogP contribution in [0, 0.1) is 0 Å². The van der Waals surface area contributed by atoms with E-state index < -0.39 is 0 Å². The quantitative estimate of drug-likeness (QED) is 0.785. The number of amides is 1. The van der Waals surface area contributed by atoms with E-state index in [9.17, 15) is 4.79 Å². The van der Waals surface area contributed by atoms with Crippen molar-refractivity contribution in [3.63, 3.8) is 0 Å². The summed E-state index contributed by atoms with van der Waals surface area (Å²) in [5.41, 5.74) is 5.21. The predicted molar refractivity (Wildman–Crippen MR) is 71.2 cm³/mol. The largest absolute Gasteiger partial charge is 0.370 e. The van der Waals surface area contributed by atoms with E-state index in [1.54, 1.807) is 0 Å². The molecule has 2 rings (SSSR count). The molecular weight excluding hydrogens is 228 g/mol. The minimum Gasteiger partial charge on any atom is -0.370 e. The van der Waals surface area contributed by atoms with Crippen LogP contribution in [-0.2, 0) is 9.53 Å². The second-order valence-electron chi connectivity index (χ2n) is 6.58. The Morgan fingerprint density at radius 2 is 2.06 bits per heavy atom. The Balaban J connectivity index is 1.76. The summed E-state index contributed by atoms with van der Waals surface area (Å²) < 4.78 is 6.23. The van der Waals surface area contributed by atoms with Crippen molar-refractivity contribution in [1.29, 1.82) is 0 Å². The summed E-state index contributed by atoms with van der Waals surface area (Å²) in [6.45, 7) is 4.85. The highest BCUT2D eigenvalue weighted by Gasteiger charge is 2.42. The third kappa shape index (κ3) is 3.45. The third-order valence-corrected chi connectivity index (χ3v) is 4.28. The average Bonchev–Trinajstić information content (AvgIpc) is 2.85. The van der Waals surface area contributed by atoms with E-state index >= 15 is 0 Å². The topological polar surface area (TPSA) is 64.4 Å². The Morgan fingerprint density at radius 1 is 1.39 bits per heavy atom. The fraction of sp³-hybridized carbons (Fsp3) is 0.929. The van der Waals surface area contributed by atoms with Crippen molar-refractivity contribution in [3.8, 4) is 0 Å². The van der Waals surface area contributed by atoms with Crippen molar-refractivity contribution in [3.05, 3.63) is 0 Å². The Kier molecular flexibility index (Phi) is 3.97. The molecule has 3 N–H and O–H groups in total. The van der Waals surface area contributed by atoms with Crippen molar-refractivity contribution < 1.29 is 9.53 Å². The lowest BCUT2D eigenvalue weighted by atomic mass is 9.98. The number of nitrogens with one attached hydrogen (secondary N) is 1. The van der Waals surface area contributed by atoms with Crippen molar-refractivity contribution in [1.82, 2.24) is 5.32 Å². The summed E-state index contributed by atoms with van der Waals surface area (Å²) in [5, 5.41) is 3.41. The average molecular weight is 254 g/mol. The van der Waals surface area contributed by atoms with Gasteiger partial charge in [0.1, 0.15) is 0 Å². The van der Waals surface area contributed by atoms with Crippen molar-refractivity contribution in [2.75, 3.05) is 6.54 Å². The van der Waals surface area contributed by atoms with E-state index in [2.05, 4.69) is 5.32 Å². The molecule has 1 unspecified atom stereocenters. The highest BCUT2D eigenvalue weighted by Crippen LogP contribution is 2.43. The van der Waals surface area contributed by atoms with E-state index in [1.807, 2.05) is 13.8 Å². The van der Waals surface area contributed by atoms with Gasteiger partial charge < -0.3 is 15.8 Å². The van der Waals surface area contributed by atoms with E-state index in [0.717, 1.165) is 13.0 Å². The molecule has 104 valence electrons. The van der Waals surface area contributed by atoms with Gasteiger partial charge >= 0.3 is 0 Å². The maximum atomic E-state index is 11.0. The smallest absolute Gasteiger partial charge is 0.219 e. The number of carbonyl (C=O) groups is 1. The summed E-state index contributed by atoms with van der Waals surface area (Å²) >= 11 is 0. The van der Waals surface area contributed by atoms with E-state index in [4.69, 9.17) is 10.5 Å². The molecule has 1 saturated heterocycles. The summed E-state index contributed by atoms with van der Waals surface area (Å²) in [6, 6.07) is 0. The molecule has 4 heteroatoms. The number of nitrogens with two attached hydrogens (primary N) is 1. The number of hydrogen-bond acceptors (Lipinski definition) is 3. The van der Waals surface area contributed by atoms with Crippen molar-refractivity contribution in [2.45, 2.75) is 76.0 Å². The van der Waals surface area contributed by atoms with Gasteiger partial charge in [-0.2, -0.15) is 0 Å². The molecule has 1 atom stereocenters. The Hall–Kier alpha value is -0.610. The minimum atomic E-state index is -0.257. The van der Waals surface area contributed by atoms with Crippen LogP contribution >= 0.6 is 0 Å². The van der Waals surface area contributed by atoms with Crippen LogP contribution in [0.1, 0.15) is 58.8 Å². The zero-order valence-corrected chi connectivity index (χ0v) is 11.6. The van der Waals surface area contributed by atoms with Gasteiger partial charge in [-0.05, 0) is 39.5 Å². The van der Waals surface area contributed by atoms with Crippen LogP contribution in [-0.4, -0.2) is 29.7 Å². The lowest BCUT2D eigenvalue weighted by Crippen LogP contribution is -2.46. The number of ether oxygens (including phenoxy) is 1. The van der Waals surface area contributed by atoms with E-state index in [1.165, 1.54) is 32.1 Å². The lowest BCUT2D eigenvalue weighted by Gasteiger charge is -2.28. The molecule has 0 radical (unpaired) electrons. The predicted octanol–water partition coefficient (Wildman–Crippen LogP) is 1.72. The molecule has 1 aliphatic carbocycles. The molecule has 0 aromatic rings. The summed E-state index contributed by atoms with van der Waals surface area (Å²) in [5.74, 6) is -0.257. The normalized spacial score (nSPS) is 26.9. The second kappa shape index (κ2) is 5.17. The first kappa shape index (κ1) is 13.8. The highest BCUT2D eigenvalue weighted by atomic mass is 16.5. The number of carbonyl (C=O) groups excluding carboxylic acids is 1. The number of primary amides is 1. The van der Waals surface area contributed by atoms with Gasteiger partial charge in [0, 0.05) is 18.5 Å². The maximum absolute atomic E-state index is 11.0. The van der Waals surface area contributed by atoms with Crippen molar-refractivity contribution in [2.24, 2.45) is 5.73 Å². The molecule has 1 amide bonds. The molecule has 1 spiro atoms. The van der Waals surface area contributed by atoms with E-state index in [0.29, 0.717) is 12.5 Å². The van der Waals surface area contributed by atoms with Crippen molar-refractivity contribution >= 4 is 5.91 Å². The molecule has 1 heterocycles. The van der Waals surface area contributed by atoms with Gasteiger partial charge in [0.25, 0.3) is 0 Å². The Bertz CT molecular complexity index is 309. The SMILES string of the molecule is CC(C)(CC(N)=O)NCC1CCC2(CCCC2)O1. The van der Waals surface area contributed by atoms with Crippen LogP contribution in [0.2, 0.25) is 0 Å². The summed E-state index contributed by atoms with van der Waals surface area (Å²) in [7, 11) is 0. The summed E-state index contributed by atoms with van der Waals surface area (Å²) in [4.78, 5) is 11.0. The van der Waals surface area contributed by atoms with Gasteiger partial charge in [-0.1, -0.05) is 12.8 Å². The molecule has 0 aromatic carbocycles. The molecule has 18 heavy (non-hydrogen) atoms. The van der Waals surface area contributed by atoms with Crippen LogP contribution in [0.25, 0.3) is 0 Å². The fourth-order valence-corrected chi connectivity index (χ4v) is 3.31. The lowest BCUT2D eigenvalue weighted by molar-refractivity contribution is -0.119. The van der Waals surface area contributed by atoms with Crippen LogP contribution in [0.15, 0.2) is 0 Å². The van der Waals surface area contributed by atoms with Gasteiger partial charge in [0.2, 0.25) is 5.91 Å². The van der Waals surface area contributed by atoms with Gasteiger partial charge in [-0.25, -0.2) is 0 Å². The van der Waals surface area contributed by atoms with Gasteiger partial charge in [0.15, 0.2) is 0 Å². The first-order valence-electron chi connectivity index (χ1n) is 7.12. The fourth-order valence-electron chi connectivity index (χ4n) is 3.31. The highest BCUT2D eigenvalue weighted by molar-refractivity contribution is 5.74. The zero-order valence-electron chi connectivity index (χ0n) is 11.6. The molecule has 2 fully saturated rings. The standard InChI is InChI=1S/C14H26N2O2/c1-13(2,9-12(15)17)16-10-11-5-8-14(18-11)6-3-4-7-14/h11,16H,3-10H2,1-2H3,(H2,15,17). The Labute approximate surface area is 110 Å². The third-order valence-electron chi connectivity index (χ3n) is 4.28. The van der Waals surface area contributed by atoms with Crippen LogP contribution < -0.4 is 11.1 Å². The Morgan fingerprint density at radius 3 is 2.67 bits per heavy atom. The van der Waals surface area contributed by atoms with Gasteiger partial charge in [-0.15, -0.1) is 0 Å². The minimum absolute atomic E-state index is 0.195. The molecular formula is C14H26N2O2. The van der Waals surface area contributed by atoms with Crippen LogP contribution in [0.4, 0.5) is 0 Å². The second-order valence-corrected chi connectivity index (χ2v) is 6.58. The first-order valence-corrected chi connectivity index (χ1v) is 7.12. The number of hydrogen-bond donors (Lipinski definition) is 2. The first-order chi connectivity index (χ1) is 8.41. The van der Waals surface area contributed by atoms with Gasteiger partial charge in [0.05, 0.1) is 11.7 Å². The zero-order chi connectivity index (χ0) is 13.2. The van der Waals surface area contributed by atoms with Gasteiger partial charge in [-0.3, -0.25) is 4.79 Å². The molecule has 0 aromatic heterocycles. The monoisotopic (exact) mass is 254 g/mol. The number of rotatable bonds is 5. The molecule has 1 saturated carbocycles.